The predicted octanol–water partition coefficient (Wildman–Crippen LogP) is 13.0. The van der Waals surface area contributed by atoms with Crippen LogP contribution in [-0.4, -0.2) is 97.5 Å². The van der Waals surface area contributed by atoms with E-state index in [1.165, 1.54) is 116 Å². The van der Waals surface area contributed by atoms with Gasteiger partial charge in [0, 0.05) is 13.0 Å². The van der Waals surface area contributed by atoms with E-state index in [-0.39, 0.29) is 19.6 Å². The van der Waals surface area contributed by atoms with E-state index >= 15 is 0 Å². The Labute approximate surface area is 420 Å². The van der Waals surface area contributed by atoms with Crippen LogP contribution in [0, 0.1) is 0 Å². The van der Waals surface area contributed by atoms with E-state index in [4.69, 9.17) is 18.9 Å². The summed E-state index contributed by atoms with van der Waals surface area (Å²) in [5.74, 6) is -0.417. The second kappa shape index (κ2) is 46.6. The molecule has 1 aliphatic rings. The minimum absolute atomic E-state index is 0.00529. The molecule has 69 heavy (non-hydrogen) atoms. The Morgan fingerprint density at radius 2 is 0.986 bits per heavy atom. The van der Waals surface area contributed by atoms with Crippen molar-refractivity contribution in [1.82, 2.24) is 0 Å². The Hall–Kier alpha value is -2.46. The standard InChI is InChI=1S/C56H98O12S/c1-3-5-7-9-11-13-15-17-19-21-23-25-26-27-29-31-33-35-37-39-41-43-45-52(58)66-50(49-65-56-54(60)55(68-69(61,62)63)53(59)51(47-57)67-56)48-64-46-44-42-40-38-36-34-32-30-28-24-22-20-18-16-14-12-10-8-6-4-2/h6,8,12,14,18,20,24,28,32,34,38,40,50-51,53-57,59-60H,3-5,7,9-11,13,15-17,19,21-23,25-27,29-31,33,35-37,39,41-49H2,1-2H3,(H,61,62,63)/b8-6-,14-12-,20-18-,28-24-,34-32-,40-38-. The zero-order chi connectivity index (χ0) is 50.3. The summed E-state index contributed by atoms with van der Waals surface area (Å²) in [5.41, 5.74) is 0. The lowest BCUT2D eigenvalue weighted by atomic mass is 9.99. The molecule has 12 nitrogen and oxygen atoms in total. The number of unbranched alkanes of at least 4 members (excludes halogenated alkanes) is 22. The summed E-state index contributed by atoms with van der Waals surface area (Å²) in [5, 5.41) is 30.8. The molecule has 0 radical (unpaired) electrons. The van der Waals surface area contributed by atoms with Gasteiger partial charge in [0.05, 0.1) is 19.8 Å². The molecule has 1 aliphatic heterocycles. The lowest BCUT2D eigenvalue weighted by Crippen LogP contribution is -2.60. The molecule has 4 N–H and O–H groups in total. The summed E-state index contributed by atoms with van der Waals surface area (Å²) in [7, 11) is -5.08. The Bertz CT molecular complexity index is 1470. The lowest BCUT2D eigenvalue weighted by Gasteiger charge is -2.41. The van der Waals surface area contributed by atoms with E-state index in [2.05, 4.69) is 90.9 Å². The van der Waals surface area contributed by atoms with E-state index in [0.29, 0.717) is 13.0 Å². The smallest absolute Gasteiger partial charge is 0.397 e. The first-order valence-corrected chi connectivity index (χ1v) is 28.6. The van der Waals surface area contributed by atoms with Crippen molar-refractivity contribution in [3.8, 4) is 0 Å². The Balaban J connectivity index is 2.37. The minimum Gasteiger partial charge on any atom is -0.457 e. The number of carbonyl (C=O) groups is 1. The summed E-state index contributed by atoms with van der Waals surface area (Å²) in [6.07, 6.45) is 52.4. The highest BCUT2D eigenvalue weighted by atomic mass is 32.3. The summed E-state index contributed by atoms with van der Waals surface area (Å²) in [4.78, 5) is 12.9. The topological polar surface area (TPSA) is 178 Å². The maximum absolute atomic E-state index is 12.9. The lowest BCUT2D eigenvalue weighted by molar-refractivity contribution is -0.301. The molecule has 6 unspecified atom stereocenters. The summed E-state index contributed by atoms with van der Waals surface area (Å²) < 4.78 is 59.2. The van der Waals surface area contributed by atoms with Crippen LogP contribution in [-0.2, 0) is 38.3 Å². The highest BCUT2D eigenvalue weighted by Gasteiger charge is 2.48. The molecular weight excluding hydrogens is 897 g/mol. The monoisotopic (exact) mass is 995 g/mol. The maximum Gasteiger partial charge on any atom is 0.397 e. The van der Waals surface area contributed by atoms with Crippen LogP contribution < -0.4 is 0 Å². The van der Waals surface area contributed by atoms with Gasteiger partial charge in [0.2, 0.25) is 0 Å². The average Bonchev–Trinajstić information content (AvgIpc) is 3.32. The van der Waals surface area contributed by atoms with E-state index in [1.807, 2.05) is 0 Å². The van der Waals surface area contributed by atoms with Crippen molar-refractivity contribution in [2.75, 3.05) is 26.4 Å². The molecule has 1 heterocycles. The van der Waals surface area contributed by atoms with E-state index in [0.717, 1.165) is 70.6 Å². The Morgan fingerprint density at radius 1 is 0.565 bits per heavy atom. The van der Waals surface area contributed by atoms with E-state index < -0.39 is 59.8 Å². The Morgan fingerprint density at radius 3 is 1.41 bits per heavy atom. The van der Waals surface area contributed by atoms with E-state index in [1.54, 1.807) is 0 Å². The van der Waals surface area contributed by atoms with Gasteiger partial charge in [0.25, 0.3) is 0 Å². The fourth-order valence-corrected chi connectivity index (χ4v) is 8.55. The molecule has 0 spiro atoms. The zero-order valence-electron chi connectivity index (χ0n) is 43.1. The van der Waals surface area contributed by atoms with Crippen LogP contribution in [0.25, 0.3) is 0 Å². The molecule has 1 fully saturated rings. The molecule has 0 aromatic heterocycles. The van der Waals surface area contributed by atoms with Gasteiger partial charge in [-0.3, -0.25) is 9.35 Å². The second-order valence-corrected chi connectivity index (χ2v) is 19.5. The van der Waals surface area contributed by atoms with Gasteiger partial charge in [-0.25, -0.2) is 4.18 Å². The average molecular weight is 995 g/mol. The number of carbonyl (C=O) groups excluding carboxylic acids is 1. The van der Waals surface area contributed by atoms with Gasteiger partial charge in [0.15, 0.2) is 6.29 Å². The molecule has 0 amide bonds. The predicted molar refractivity (Wildman–Crippen MR) is 280 cm³/mol. The number of esters is 1. The SMILES string of the molecule is CC/C=C\C/C=C\C/C=C\C/C=C\C/C=C\C/C=C\CCCOCC(COC1OC(CO)C(O)C(OS(=O)(=O)O)C1O)OC(=O)CCCCCCCCCCCCCCCCCCCCCCCC. The molecular formula is C56H98O12S. The van der Waals surface area contributed by atoms with Crippen molar-refractivity contribution in [2.45, 2.75) is 250 Å². The third-order valence-corrected chi connectivity index (χ3v) is 12.6. The van der Waals surface area contributed by atoms with Crippen LogP contribution in [0.4, 0.5) is 0 Å². The Kier molecular flexibility index (Phi) is 43.6. The molecule has 0 aromatic carbocycles. The molecule has 400 valence electrons. The van der Waals surface area contributed by atoms with Crippen LogP contribution >= 0.6 is 0 Å². The van der Waals surface area contributed by atoms with Crippen LogP contribution in [0.15, 0.2) is 72.9 Å². The minimum atomic E-state index is -5.08. The van der Waals surface area contributed by atoms with Gasteiger partial charge in [-0.15, -0.1) is 0 Å². The van der Waals surface area contributed by atoms with Crippen LogP contribution in [0.1, 0.15) is 213 Å². The highest BCUT2D eigenvalue weighted by molar-refractivity contribution is 7.80. The molecule has 13 heteroatoms. The number of hydrogen-bond donors (Lipinski definition) is 4. The van der Waals surface area contributed by atoms with Gasteiger partial charge in [-0.2, -0.15) is 8.42 Å². The third-order valence-electron chi connectivity index (χ3n) is 12.1. The van der Waals surface area contributed by atoms with Crippen LogP contribution in [0.2, 0.25) is 0 Å². The van der Waals surface area contributed by atoms with Crippen molar-refractivity contribution in [3.05, 3.63) is 72.9 Å². The largest absolute Gasteiger partial charge is 0.457 e. The van der Waals surface area contributed by atoms with Gasteiger partial charge in [0.1, 0.15) is 30.5 Å². The molecule has 0 aliphatic carbocycles. The van der Waals surface area contributed by atoms with Crippen LogP contribution in [0.5, 0.6) is 0 Å². The van der Waals surface area contributed by atoms with Crippen molar-refractivity contribution in [1.29, 1.82) is 0 Å². The summed E-state index contributed by atoms with van der Waals surface area (Å²) in [6, 6.07) is 0. The fourth-order valence-electron chi connectivity index (χ4n) is 8.04. The van der Waals surface area contributed by atoms with Crippen molar-refractivity contribution in [2.24, 2.45) is 0 Å². The first-order chi connectivity index (χ1) is 33.6. The summed E-state index contributed by atoms with van der Waals surface area (Å²) in [6.45, 7) is 3.75. The number of aliphatic hydroxyl groups excluding tert-OH is 3. The fraction of sp³-hybridized carbons (Fsp3) is 0.768. The quantitative estimate of drug-likeness (QED) is 0.0197. The normalized spacial score (nSPS) is 19.8. The van der Waals surface area contributed by atoms with Gasteiger partial charge >= 0.3 is 16.4 Å². The van der Waals surface area contributed by atoms with Crippen molar-refractivity contribution >= 4 is 16.4 Å². The maximum atomic E-state index is 12.9. The number of allylic oxidation sites excluding steroid dienone is 12. The second-order valence-electron chi connectivity index (χ2n) is 18.4. The number of hydrogen-bond acceptors (Lipinski definition) is 11. The molecule has 1 saturated heterocycles. The first kappa shape index (κ1) is 64.6. The number of aliphatic hydroxyl groups is 3. The van der Waals surface area contributed by atoms with Crippen LogP contribution in [0.3, 0.4) is 0 Å². The van der Waals surface area contributed by atoms with Crippen molar-refractivity contribution < 1.29 is 56.2 Å². The number of rotatable bonds is 47. The summed E-state index contributed by atoms with van der Waals surface area (Å²) >= 11 is 0. The van der Waals surface area contributed by atoms with E-state index in [9.17, 15) is 33.1 Å². The van der Waals surface area contributed by atoms with Crippen molar-refractivity contribution in [3.63, 3.8) is 0 Å². The van der Waals surface area contributed by atoms with Gasteiger partial charge in [-0.1, -0.05) is 222 Å². The molecule has 6 atom stereocenters. The van der Waals surface area contributed by atoms with Gasteiger partial charge < -0.3 is 34.3 Å². The third kappa shape index (κ3) is 39.8. The molecule has 1 rings (SSSR count). The molecule has 0 aromatic rings. The zero-order valence-corrected chi connectivity index (χ0v) is 43.9. The molecule has 0 saturated carbocycles. The first-order valence-electron chi connectivity index (χ1n) is 27.2. The molecule has 0 bridgehead atoms. The van der Waals surface area contributed by atoms with Gasteiger partial charge in [-0.05, 0) is 57.8 Å². The number of ether oxygens (including phenoxy) is 4. The highest BCUT2D eigenvalue weighted by Crippen LogP contribution is 2.26.